The minimum atomic E-state index is -0.682. The maximum atomic E-state index is 10.6. The Balaban J connectivity index is 2.73. The van der Waals surface area contributed by atoms with Gasteiger partial charge in [0.25, 0.3) is 0 Å². The monoisotopic (exact) mass is 182 g/mol. The van der Waals surface area contributed by atoms with Gasteiger partial charge < -0.3 is 5.11 Å². The maximum Gasteiger partial charge on any atom is 0.303 e. The zero-order valence-corrected chi connectivity index (χ0v) is 8.58. The number of aliphatic carboxylic acids is 1. The molecule has 2 heteroatoms. The Morgan fingerprint density at radius 1 is 1.62 bits per heavy atom. The molecule has 1 N–H and O–H groups in total. The Bertz CT molecular complexity index is 230. The fourth-order valence-corrected chi connectivity index (χ4v) is 2.08. The lowest BCUT2D eigenvalue weighted by atomic mass is 9.73. The van der Waals surface area contributed by atoms with Crippen LogP contribution in [-0.2, 0) is 4.79 Å². The molecule has 3 atom stereocenters. The zero-order chi connectivity index (χ0) is 10.0. The van der Waals surface area contributed by atoms with Gasteiger partial charge in [0.1, 0.15) is 0 Å². The first-order chi connectivity index (χ1) is 6.02. The molecule has 0 aromatic heterocycles. The normalized spacial score (nSPS) is 34.1. The van der Waals surface area contributed by atoms with E-state index in [9.17, 15) is 4.79 Å². The molecule has 0 radical (unpaired) electrons. The SMILES string of the molecule is CC1=CCC(C)C(C)C1CC(=O)O. The summed E-state index contributed by atoms with van der Waals surface area (Å²) in [5.74, 6) is 0.689. The molecule has 1 aliphatic carbocycles. The predicted molar refractivity (Wildman–Crippen MR) is 52.4 cm³/mol. The molecule has 0 aromatic carbocycles. The fraction of sp³-hybridized carbons (Fsp3) is 0.727. The molecule has 1 aliphatic rings. The highest BCUT2D eigenvalue weighted by molar-refractivity contribution is 5.67. The fourth-order valence-electron chi connectivity index (χ4n) is 2.08. The van der Waals surface area contributed by atoms with E-state index in [1.165, 1.54) is 5.57 Å². The van der Waals surface area contributed by atoms with Gasteiger partial charge in [-0.05, 0) is 31.1 Å². The quantitative estimate of drug-likeness (QED) is 0.667. The van der Waals surface area contributed by atoms with Gasteiger partial charge >= 0.3 is 5.97 Å². The van der Waals surface area contributed by atoms with Crippen LogP contribution in [0.3, 0.4) is 0 Å². The van der Waals surface area contributed by atoms with Gasteiger partial charge in [-0.2, -0.15) is 0 Å². The summed E-state index contributed by atoms with van der Waals surface area (Å²) >= 11 is 0. The second kappa shape index (κ2) is 3.95. The smallest absolute Gasteiger partial charge is 0.303 e. The lowest BCUT2D eigenvalue weighted by molar-refractivity contribution is -0.138. The van der Waals surface area contributed by atoms with Gasteiger partial charge in [-0.3, -0.25) is 4.79 Å². The lowest BCUT2D eigenvalue weighted by Crippen LogP contribution is -2.25. The summed E-state index contributed by atoms with van der Waals surface area (Å²) in [6.45, 7) is 6.41. The van der Waals surface area contributed by atoms with E-state index < -0.39 is 5.97 Å². The molecule has 74 valence electrons. The molecule has 0 aliphatic heterocycles. The third kappa shape index (κ3) is 2.33. The van der Waals surface area contributed by atoms with Crippen LogP contribution < -0.4 is 0 Å². The van der Waals surface area contributed by atoms with Crippen molar-refractivity contribution in [2.45, 2.75) is 33.6 Å². The van der Waals surface area contributed by atoms with Gasteiger partial charge in [-0.25, -0.2) is 0 Å². The highest BCUT2D eigenvalue weighted by Crippen LogP contribution is 2.36. The van der Waals surface area contributed by atoms with Gasteiger partial charge in [-0.1, -0.05) is 25.5 Å². The largest absolute Gasteiger partial charge is 0.481 e. The third-order valence-electron chi connectivity index (χ3n) is 3.32. The summed E-state index contributed by atoms with van der Waals surface area (Å²) in [7, 11) is 0. The molecular formula is C11H18O2. The van der Waals surface area contributed by atoms with Crippen molar-refractivity contribution >= 4 is 5.97 Å². The van der Waals surface area contributed by atoms with Gasteiger partial charge in [0.2, 0.25) is 0 Å². The van der Waals surface area contributed by atoms with Crippen LogP contribution in [0.5, 0.6) is 0 Å². The molecule has 3 unspecified atom stereocenters. The summed E-state index contributed by atoms with van der Waals surface area (Å²) in [6.07, 6.45) is 3.58. The third-order valence-corrected chi connectivity index (χ3v) is 3.32. The minimum Gasteiger partial charge on any atom is -0.481 e. The Morgan fingerprint density at radius 3 is 2.77 bits per heavy atom. The average molecular weight is 182 g/mol. The van der Waals surface area contributed by atoms with E-state index in [1.807, 2.05) is 0 Å². The second-order valence-corrected chi connectivity index (χ2v) is 4.22. The van der Waals surface area contributed by atoms with Crippen LogP contribution in [0.1, 0.15) is 33.6 Å². The zero-order valence-electron chi connectivity index (χ0n) is 8.58. The van der Waals surface area contributed by atoms with Gasteiger partial charge in [0.05, 0.1) is 6.42 Å². The number of carbonyl (C=O) groups is 1. The van der Waals surface area contributed by atoms with Crippen LogP contribution in [-0.4, -0.2) is 11.1 Å². The first kappa shape index (κ1) is 10.3. The van der Waals surface area contributed by atoms with Crippen molar-refractivity contribution in [2.75, 3.05) is 0 Å². The van der Waals surface area contributed by atoms with E-state index in [0.29, 0.717) is 11.8 Å². The Labute approximate surface area is 79.6 Å². The van der Waals surface area contributed by atoms with Gasteiger partial charge in [0, 0.05) is 0 Å². The Hall–Kier alpha value is -0.790. The molecule has 2 nitrogen and oxygen atoms in total. The van der Waals surface area contributed by atoms with Crippen LogP contribution in [0, 0.1) is 17.8 Å². The van der Waals surface area contributed by atoms with Crippen LogP contribution in [0.4, 0.5) is 0 Å². The Morgan fingerprint density at radius 2 is 2.23 bits per heavy atom. The summed E-state index contributed by atoms with van der Waals surface area (Å²) in [5, 5.41) is 8.76. The van der Waals surface area contributed by atoms with Crippen molar-refractivity contribution in [3.05, 3.63) is 11.6 Å². The number of allylic oxidation sites excluding steroid dienone is 2. The molecule has 0 amide bonds. The van der Waals surface area contributed by atoms with Crippen LogP contribution in [0.25, 0.3) is 0 Å². The van der Waals surface area contributed by atoms with Crippen molar-refractivity contribution in [1.29, 1.82) is 0 Å². The lowest BCUT2D eigenvalue weighted by Gasteiger charge is -2.32. The van der Waals surface area contributed by atoms with E-state index >= 15 is 0 Å². The van der Waals surface area contributed by atoms with Crippen LogP contribution >= 0.6 is 0 Å². The van der Waals surface area contributed by atoms with E-state index in [1.54, 1.807) is 0 Å². The van der Waals surface area contributed by atoms with E-state index in [0.717, 1.165) is 6.42 Å². The van der Waals surface area contributed by atoms with E-state index in [-0.39, 0.29) is 12.3 Å². The number of hydrogen-bond acceptors (Lipinski definition) is 1. The van der Waals surface area contributed by atoms with Crippen LogP contribution in [0.2, 0.25) is 0 Å². The minimum absolute atomic E-state index is 0.251. The molecule has 0 spiro atoms. The molecular weight excluding hydrogens is 164 g/mol. The van der Waals surface area contributed by atoms with Crippen molar-refractivity contribution in [3.63, 3.8) is 0 Å². The van der Waals surface area contributed by atoms with Crippen molar-refractivity contribution in [3.8, 4) is 0 Å². The molecule has 13 heavy (non-hydrogen) atoms. The molecule has 0 aromatic rings. The molecule has 0 heterocycles. The second-order valence-electron chi connectivity index (χ2n) is 4.22. The molecule has 0 saturated heterocycles. The molecule has 1 rings (SSSR count). The van der Waals surface area contributed by atoms with Crippen LogP contribution in [0.15, 0.2) is 11.6 Å². The van der Waals surface area contributed by atoms with Crippen molar-refractivity contribution < 1.29 is 9.90 Å². The first-order valence-electron chi connectivity index (χ1n) is 4.90. The summed E-state index contributed by atoms with van der Waals surface area (Å²) in [4.78, 5) is 10.6. The maximum absolute atomic E-state index is 10.6. The average Bonchev–Trinajstić information content (AvgIpc) is 2.05. The molecule has 0 bridgehead atoms. The highest BCUT2D eigenvalue weighted by Gasteiger charge is 2.28. The highest BCUT2D eigenvalue weighted by atomic mass is 16.4. The Kier molecular flexibility index (Phi) is 3.12. The van der Waals surface area contributed by atoms with E-state index in [4.69, 9.17) is 5.11 Å². The number of hydrogen-bond donors (Lipinski definition) is 1. The molecule has 0 fully saturated rings. The van der Waals surface area contributed by atoms with Crippen molar-refractivity contribution in [1.82, 2.24) is 0 Å². The molecule has 0 saturated carbocycles. The standard InChI is InChI=1S/C11H18O2/c1-7-4-5-8(2)10(9(7)3)6-11(12)13/h5,7,9-10H,4,6H2,1-3H3,(H,12,13). The van der Waals surface area contributed by atoms with Gasteiger partial charge in [0.15, 0.2) is 0 Å². The summed E-state index contributed by atoms with van der Waals surface area (Å²) in [5.41, 5.74) is 1.26. The summed E-state index contributed by atoms with van der Waals surface area (Å²) < 4.78 is 0. The van der Waals surface area contributed by atoms with E-state index in [2.05, 4.69) is 26.8 Å². The topological polar surface area (TPSA) is 37.3 Å². The van der Waals surface area contributed by atoms with Gasteiger partial charge in [-0.15, -0.1) is 0 Å². The number of carboxylic acid groups (broad SMARTS) is 1. The first-order valence-corrected chi connectivity index (χ1v) is 4.90. The predicted octanol–water partition coefficient (Wildman–Crippen LogP) is 2.70. The number of carboxylic acids is 1. The number of rotatable bonds is 2. The summed E-state index contributed by atoms with van der Waals surface area (Å²) in [6, 6.07) is 0. The van der Waals surface area contributed by atoms with Crippen molar-refractivity contribution in [2.24, 2.45) is 17.8 Å².